The van der Waals surface area contributed by atoms with Gasteiger partial charge in [0.15, 0.2) is 25.2 Å². The maximum absolute atomic E-state index is 12.1. The molecule has 6 aliphatic heterocycles. The van der Waals surface area contributed by atoms with E-state index in [1.165, 1.54) is 0 Å². The lowest BCUT2D eigenvalue weighted by Crippen LogP contribution is -2.60. The van der Waals surface area contributed by atoms with E-state index in [0.717, 1.165) is 0 Å². The zero-order valence-electron chi connectivity index (χ0n) is 45.2. The first-order valence-corrected chi connectivity index (χ1v) is 26.6. The van der Waals surface area contributed by atoms with Crippen LogP contribution in [0.5, 0.6) is 0 Å². The van der Waals surface area contributed by atoms with E-state index in [-0.39, 0.29) is 97.9 Å². The molecule has 72 heavy (non-hydrogen) atoms. The molecule has 0 radical (unpaired) electrons. The summed E-state index contributed by atoms with van der Waals surface area (Å²) in [6.07, 6.45) is -13.1. The van der Waals surface area contributed by atoms with Crippen molar-refractivity contribution in [3.05, 3.63) is 0 Å². The van der Waals surface area contributed by atoms with Gasteiger partial charge in [-0.1, -0.05) is 83.1 Å². The van der Waals surface area contributed by atoms with Crippen molar-refractivity contribution in [2.45, 2.75) is 220 Å². The molecule has 20 nitrogen and oxygen atoms in total. The van der Waals surface area contributed by atoms with Crippen molar-refractivity contribution in [1.29, 1.82) is 0 Å². The van der Waals surface area contributed by atoms with Crippen molar-refractivity contribution >= 4 is 11.9 Å². The summed E-state index contributed by atoms with van der Waals surface area (Å²) in [5.74, 6) is -2.39. The normalized spacial score (nSPS) is 46.0. The fraction of sp³-hybridized carbons (Fsp3) is 0.962. The molecule has 420 valence electrons. The molecular formula is C52H92O20. The van der Waals surface area contributed by atoms with E-state index >= 15 is 0 Å². The fourth-order valence-corrected chi connectivity index (χ4v) is 9.96. The summed E-state index contributed by atoms with van der Waals surface area (Å²) in [4.78, 5) is 24.1. The minimum Gasteiger partial charge on any atom is -0.463 e. The molecule has 0 bridgehead atoms. The minimum atomic E-state index is -0.971. The van der Waals surface area contributed by atoms with Crippen LogP contribution in [0.25, 0.3) is 0 Å². The van der Waals surface area contributed by atoms with Crippen molar-refractivity contribution in [2.75, 3.05) is 39.6 Å². The Hall–Kier alpha value is -1.70. The van der Waals surface area contributed by atoms with Gasteiger partial charge in [0.2, 0.25) is 0 Å². The molecule has 0 unspecified atom stereocenters. The highest BCUT2D eigenvalue weighted by molar-refractivity contribution is 5.69. The number of aliphatic hydroxyl groups is 6. The Kier molecular flexibility index (Phi) is 23.4. The summed E-state index contributed by atoms with van der Waals surface area (Å²) >= 11 is 0. The topological polar surface area (TPSA) is 266 Å². The largest absolute Gasteiger partial charge is 0.463 e. The predicted molar refractivity (Wildman–Crippen MR) is 257 cm³/mol. The number of carbonyl (C=O) groups is 2. The van der Waals surface area contributed by atoms with Crippen LogP contribution in [0.4, 0.5) is 0 Å². The molecule has 0 amide bonds. The third-order valence-electron chi connectivity index (χ3n) is 15.4. The molecule has 6 rings (SSSR count). The number of hydrogen-bond acceptors (Lipinski definition) is 20. The second-order valence-electron chi connectivity index (χ2n) is 22.8. The number of aliphatic hydroxyl groups excluding tert-OH is 6. The Morgan fingerprint density at radius 2 is 0.708 bits per heavy atom. The van der Waals surface area contributed by atoms with Gasteiger partial charge in [0, 0.05) is 60.2 Å². The number of esters is 2. The van der Waals surface area contributed by atoms with Crippen molar-refractivity contribution in [2.24, 2.45) is 59.2 Å². The first-order valence-electron chi connectivity index (χ1n) is 26.6. The average Bonchev–Trinajstić information content (AvgIpc) is 3.32. The van der Waals surface area contributed by atoms with Crippen molar-refractivity contribution in [3.63, 3.8) is 0 Å². The maximum atomic E-state index is 12.1. The molecule has 0 saturated carbocycles. The predicted octanol–water partition coefficient (Wildman–Crippen LogP) is 2.95. The average molecular weight is 1040 g/mol. The molecule has 6 saturated heterocycles. The van der Waals surface area contributed by atoms with Crippen LogP contribution in [-0.2, 0) is 66.4 Å². The van der Waals surface area contributed by atoms with Gasteiger partial charge < -0.3 is 87.5 Å². The molecule has 0 aliphatic carbocycles. The Labute approximate surface area is 427 Å². The molecule has 6 N–H and O–H groups in total. The lowest BCUT2D eigenvalue weighted by molar-refractivity contribution is -0.354. The smallest absolute Gasteiger partial charge is 0.306 e. The summed E-state index contributed by atoms with van der Waals surface area (Å²) in [5, 5.41) is 65.2. The van der Waals surface area contributed by atoms with Crippen molar-refractivity contribution in [3.8, 4) is 0 Å². The van der Waals surface area contributed by atoms with Gasteiger partial charge in [-0.25, -0.2) is 0 Å². The highest BCUT2D eigenvalue weighted by atomic mass is 16.8. The Morgan fingerprint density at radius 1 is 0.417 bits per heavy atom. The van der Waals surface area contributed by atoms with E-state index in [2.05, 4.69) is 0 Å². The monoisotopic (exact) mass is 1040 g/mol. The second kappa shape index (κ2) is 27.6. The third kappa shape index (κ3) is 15.7. The quantitative estimate of drug-likeness (QED) is 0.121. The zero-order valence-corrected chi connectivity index (χ0v) is 45.2. The van der Waals surface area contributed by atoms with Crippen LogP contribution in [0.15, 0.2) is 0 Å². The molecule has 6 heterocycles. The summed E-state index contributed by atoms with van der Waals surface area (Å²) < 4.78 is 71.3. The molecule has 0 aromatic carbocycles. The summed E-state index contributed by atoms with van der Waals surface area (Å²) in [7, 11) is 0. The van der Waals surface area contributed by atoms with E-state index in [4.69, 9.17) is 56.8 Å². The van der Waals surface area contributed by atoms with E-state index in [1.807, 2.05) is 96.9 Å². The summed E-state index contributed by atoms with van der Waals surface area (Å²) in [5.41, 5.74) is 0. The van der Waals surface area contributed by atoms with E-state index in [1.54, 1.807) is 0 Å². The van der Waals surface area contributed by atoms with Crippen molar-refractivity contribution < 1.29 is 97.1 Å². The third-order valence-corrected chi connectivity index (χ3v) is 15.4. The van der Waals surface area contributed by atoms with Crippen LogP contribution in [0.3, 0.4) is 0 Å². The van der Waals surface area contributed by atoms with Gasteiger partial charge in [-0.15, -0.1) is 0 Å². The van der Waals surface area contributed by atoms with E-state index in [0.29, 0.717) is 26.1 Å². The summed E-state index contributed by atoms with van der Waals surface area (Å²) in [6.45, 7) is 27.5. The van der Waals surface area contributed by atoms with Crippen LogP contribution in [0.2, 0.25) is 0 Å². The Balaban J connectivity index is 0.000000267. The van der Waals surface area contributed by atoms with Gasteiger partial charge >= 0.3 is 11.9 Å². The molecule has 6 aliphatic rings. The Bertz CT molecular complexity index is 1520. The van der Waals surface area contributed by atoms with Crippen LogP contribution < -0.4 is 0 Å². The van der Waals surface area contributed by atoms with Gasteiger partial charge in [0.1, 0.15) is 37.6 Å². The van der Waals surface area contributed by atoms with Crippen LogP contribution in [0, 0.1) is 59.2 Å². The first kappa shape index (κ1) is 61.2. The molecule has 26 atom stereocenters. The van der Waals surface area contributed by atoms with Crippen LogP contribution >= 0.6 is 0 Å². The van der Waals surface area contributed by atoms with Gasteiger partial charge in [0.05, 0.1) is 87.5 Å². The minimum absolute atomic E-state index is 0.00256. The standard InChI is InChI=1S/2C26H46O10/c2*1-12(2)8-19(27)32-11-18-15(5)22(30)16(6)25(34-18)36-24-21(29)14(4)10-33-26(24)35-23-17(7)31-9-13(3)20(23)28/h2*12-18,20-26,28-30H,8-11H2,1-7H3/t2*13-,14-,15-,16-,17+,18-,20+,21+,22+,23+,24-,25+,26+/m10/s1. The van der Waals surface area contributed by atoms with Gasteiger partial charge in [-0.2, -0.15) is 0 Å². The van der Waals surface area contributed by atoms with Gasteiger partial charge in [0.25, 0.3) is 0 Å². The lowest BCUT2D eigenvalue weighted by atomic mass is 9.86. The van der Waals surface area contributed by atoms with E-state index in [9.17, 15) is 40.2 Å². The molecule has 0 aromatic heterocycles. The molecule has 0 aromatic rings. The fourth-order valence-electron chi connectivity index (χ4n) is 9.96. The second-order valence-corrected chi connectivity index (χ2v) is 22.8. The molecular weight excluding hydrogens is 945 g/mol. The number of hydrogen-bond donors (Lipinski definition) is 6. The SMILES string of the molecule is CC(C)CC(=O)OC[C@@H]1O[C@H](O[C@@H]2[C@@H](O[C@H]3[C@H](O)[C@@H](C)CO[C@@H]3C)OC[C@H](C)[C@H]2O)[C@@H](C)[C@H](O)[C@H]1C.CC(C)CC(=O)OC[C@H]1O[C@@H](O[C@H]2[C@H](O[C@@H]3[C@@H](O)[C@H](C)CO[C@H]3C)OC[C@@H](C)[C@@H]2O)[C@H](C)[C@@H](O)[C@@H]1C. The van der Waals surface area contributed by atoms with E-state index < -0.39 is 110 Å². The van der Waals surface area contributed by atoms with Gasteiger partial charge in [-0.3, -0.25) is 9.59 Å². The maximum Gasteiger partial charge on any atom is 0.306 e. The molecule has 20 heteroatoms. The zero-order chi connectivity index (χ0) is 53.5. The summed E-state index contributed by atoms with van der Waals surface area (Å²) in [6, 6.07) is 0. The number of ether oxygens (including phenoxy) is 12. The van der Waals surface area contributed by atoms with Crippen molar-refractivity contribution in [1.82, 2.24) is 0 Å². The van der Waals surface area contributed by atoms with Gasteiger partial charge in [-0.05, 0) is 25.7 Å². The molecule has 0 spiro atoms. The lowest BCUT2D eigenvalue weighted by Gasteiger charge is -2.47. The highest BCUT2D eigenvalue weighted by Crippen LogP contribution is 2.38. The van der Waals surface area contributed by atoms with Crippen LogP contribution in [0.1, 0.15) is 110 Å². The first-order chi connectivity index (χ1) is 33.8. The number of carbonyl (C=O) groups excluding carboxylic acids is 2. The van der Waals surface area contributed by atoms with Crippen LogP contribution in [-0.4, -0.2) is 193 Å². The molecule has 6 fully saturated rings. The Morgan fingerprint density at radius 3 is 1.03 bits per heavy atom. The number of rotatable bonds is 16. The highest BCUT2D eigenvalue weighted by Gasteiger charge is 2.51.